The molecule has 9 heteroatoms. The van der Waals surface area contributed by atoms with E-state index in [1.54, 1.807) is 6.20 Å². The van der Waals surface area contributed by atoms with Crippen molar-refractivity contribution in [1.82, 2.24) is 19.5 Å². The van der Waals surface area contributed by atoms with Gasteiger partial charge < -0.3 is 15.8 Å². The van der Waals surface area contributed by atoms with Gasteiger partial charge in [-0.25, -0.2) is 4.98 Å². The van der Waals surface area contributed by atoms with E-state index in [1.807, 2.05) is 54.0 Å². The van der Waals surface area contributed by atoms with Crippen LogP contribution >= 0.6 is 11.6 Å². The minimum absolute atomic E-state index is 0.0110. The second-order valence-corrected chi connectivity index (χ2v) is 10.7. The lowest BCUT2D eigenvalue weighted by atomic mass is 9.91. The normalized spacial score (nSPS) is 21.6. The molecule has 0 radical (unpaired) electrons. The first kappa shape index (κ1) is 25.0. The molecule has 6 rings (SSSR count). The van der Waals surface area contributed by atoms with Crippen molar-refractivity contribution in [2.45, 2.75) is 57.2 Å². The molecule has 2 fully saturated rings. The molecule has 4 aromatic rings. The number of hydrogen-bond acceptors (Lipinski definition) is 7. The minimum atomic E-state index is -0.102. The van der Waals surface area contributed by atoms with E-state index in [4.69, 9.17) is 27.1 Å². The Morgan fingerprint density at radius 2 is 1.89 bits per heavy atom. The van der Waals surface area contributed by atoms with Crippen LogP contribution in [0.5, 0.6) is 0 Å². The van der Waals surface area contributed by atoms with Crippen molar-refractivity contribution in [3.63, 3.8) is 0 Å². The van der Waals surface area contributed by atoms with Crippen LogP contribution in [0.15, 0.2) is 53.5 Å². The highest BCUT2D eigenvalue weighted by Crippen LogP contribution is 2.34. The Morgan fingerprint density at radius 3 is 2.63 bits per heavy atom. The molecule has 0 unspecified atom stereocenters. The third-order valence-corrected chi connectivity index (χ3v) is 7.90. The summed E-state index contributed by atoms with van der Waals surface area (Å²) < 4.78 is 7.33. The maximum absolute atomic E-state index is 14.1. The van der Waals surface area contributed by atoms with Gasteiger partial charge in [0, 0.05) is 57.7 Å². The summed E-state index contributed by atoms with van der Waals surface area (Å²) in [5.74, 6) is 0.509. The SMILES string of the molecule is Cc1cccc(-c2ccc(-c3cc4cnc(N[C@@H]5CCOC5)nc4n(C4CCC(N)CC4)c3=O)c(Cl)c2)n1. The number of anilines is 1. The quantitative estimate of drug-likeness (QED) is 0.368. The molecule has 4 heterocycles. The predicted molar refractivity (Wildman–Crippen MR) is 151 cm³/mol. The number of pyridine rings is 2. The maximum Gasteiger partial charge on any atom is 0.260 e. The lowest BCUT2D eigenvalue weighted by Crippen LogP contribution is -2.33. The number of nitrogens with zero attached hydrogens (tertiary/aromatic N) is 4. The van der Waals surface area contributed by atoms with Gasteiger partial charge in [-0.2, -0.15) is 4.98 Å². The second-order valence-electron chi connectivity index (χ2n) is 10.3. The number of nitrogens with two attached hydrogens (primary N) is 1. The summed E-state index contributed by atoms with van der Waals surface area (Å²) >= 11 is 6.81. The van der Waals surface area contributed by atoms with Crippen molar-refractivity contribution in [2.75, 3.05) is 18.5 Å². The molecule has 1 aliphatic heterocycles. The number of aromatic nitrogens is 4. The molecule has 0 spiro atoms. The molecule has 1 aliphatic carbocycles. The Hall–Kier alpha value is -3.33. The third kappa shape index (κ3) is 4.91. The van der Waals surface area contributed by atoms with Crippen LogP contribution in [0.1, 0.15) is 43.8 Å². The molecule has 1 saturated carbocycles. The Labute approximate surface area is 226 Å². The molecule has 1 atom stereocenters. The van der Waals surface area contributed by atoms with Gasteiger partial charge >= 0.3 is 0 Å². The number of rotatable bonds is 5. The summed E-state index contributed by atoms with van der Waals surface area (Å²) in [4.78, 5) is 28.1. The van der Waals surface area contributed by atoms with Crippen molar-refractivity contribution < 1.29 is 4.74 Å². The molecule has 1 saturated heterocycles. The zero-order valence-electron chi connectivity index (χ0n) is 21.4. The van der Waals surface area contributed by atoms with Gasteiger partial charge in [-0.05, 0) is 63.3 Å². The topological polar surface area (TPSA) is 108 Å². The summed E-state index contributed by atoms with van der Waals surface area (Å²) in [5, 5.41) is 4.66. The fraction of sp³-hybridized carbons (Fsp3) is 0.379. The fourth-order valence-electron chi connectivity index (χ4n) is 5.51. The minimum Gasteiger partial charge on any atom is -0.379 e. The molecular formula is C29H31ClN6O2. The van der Waals surface area contributed by atoms with Crippen LogP contribution in [0.2, 0.25) is 5.02 Å². The van der Waals surface area contributed by atoms with Gasteiger partial charge in [0.1, 0.15) is 5.65 Å². The highest BCUT2D eigenvalue weighted by atomic mass is 35.5. The van der Waals surface area contributed by atoms with E-state index in [0.29, 0.717) is 34.4 Å². The van der Waals surface area contributed by atoms with E-state index in [0.717, 1.165) is 61.0 Å². The number of ether oxygens (including phenoxy) is 1. The van der Waals surface area contributed by atoms with Gasteiger partial charge in [0.2, 0.25) is 5.95 Å². The van der Waals surface area contributed by atoms with E-state index in [9.17, 15) is 4.79 Å². The summed E-state index contributed by atoms with van der Waals surface area (Å²) in [7, 11) is 0. The van der Waals surface area contributed by atoms with E-state index in [1.165, 1.54) is 0 Å². The van der Waals surface area contributed by atoms with Crippen LogP contribution in [0.3, 0.4) is 0 Å². The Balaban J connectivity index is 1.46. The Bertz CT molecular complexity index is 1540. The number of benzene rings is 1. The summed E-state index contributed by atoms with van der Waals surface area (Å²) in [6, 6.07) is 13.8. The van der Waals surface area contributed by atoms with Crippen LogP contribution in [0.25, 0.3) is 33.4 Å². The molecule has 3 aromatic heterocycles. The first-order valence-corrected chi connectivity index (χ1v) is 13.6. The van der Waals surface area contributed by atoms with Gasteiger partial charge in [0.15, 0.2) is 0 Å². The van der Waals surface area contributed by atoms with E-state index in [2.05, 4.69) is 15.3 Å². The van der Waals surface area contributed by atoms with Gasteiger partial charge in [-0.1, -0.05) is 29.8 Å². The highest BCUT2D eigenvalue weighted by Gasteiger charge is 2.26. The lowest BCUT2D eigenvalue weighted by molar-refractivity contribution is 0.195. The largest absolute Gasteiger partial charge is 0.379 e. The molecule has 8 nitrogen and oxygen atoms in total. The van der Waals surface area contributed by atoms with Gasteiger partial charge in [-0.3, -0.25) is 14.3 Å². The summed E-state index contributed by atoms with van der Waals surface area (Å²) in [5.41, 5.74) is 10.6. The average Bonchev–Trinajstić information content (AvgIpc) is 3.42. The Kier molecular flexibility index (Phi) is 6.86. The van der Waals surface area contributed by atoms with E-state index in [-0.39, 0.29) is 23.7 Å². The molecule has 3 N–H and O–H groups in total. The monoisotopic (exact) mass is 530 g/mol. The molecule has 1 aromatic carbocycles. The molecule has 0 amide bonds. The maximum atomic E-state index is 14.1. The average molecular weight is 531 g/mol. The van der Waals surface area contributed by atoms with E-state index < -0.39 is 0 Å². The molecule has 196 valence electrons. The van der Waals surface area contributed by atoms with Crippen molar-refractivity contribution in [2.24, 2.45) is 5.73 Å². The summed E-state index contributed by atoms with van der Waals surface area (Å²) in [6.45, 7) is 3.31. The third-order valence-electron chi connectivity index (χ3n) is 7.59. The smallest absolute Gasteiger partial charge is 0.260 e. The first-order chi connectivity index (χ1) is 18.5. The van der Waals surface area contributed by atoms with E-state index >= 15 is 0 Å². The zero-order chi connectivity index (χ0) is 26.2. The standard InChI is InChI=1S/C29H31ClN6O2/c1-17-3-2-4-26(33-17)18-5-10-23(25(30)14-18)24-13-19-15-32-29(34-21-11-12-38-16-21)35-27(19)36(28(24)37)22-8-6-20(31)7-9-22/h2-5,10,13-15,20-22H,6-9,11-12,16,31H2,1H3,(H,32,34,35)/t20?,21-,22?/m1/s1. The van der Waals surface area contributed by atoms with Crippen molar-refractivity contribution >= 4 is 28.6 Å². The molecule has 2 aliphatic rings. The van der Waals surface area contributed by atoms with Gasteiger partial charge in [-0.15, -0.1) is 0 Å². The molecule has 0 bridgehead atoms. The van der Waals surface area contributed by atoms with Crippen molar-refractivity contribution in [1.29, 1.82) is 0 Å². The molecule has 38 heavy (non-hydrogen) atoms. The first-order valence-electron chi connectivity index (χ1n) is 13.2. The lowest BCUT2D eigenvalue weighted by Gasteiger charge is -2.29. The number of halogens is 1. The van der Waals surface area contributed by atoms with Gasteiger partial charge in [0.05, 0.1) is 18.3 Å². The number of hydrogen-bond donors (Lipinski definition) is 2. The van der Waals surface area contributed by atoms with Crippen molar-refractivity contribution in [3.8, 4) is 22.4 Å². The van der Waals surface area contributed by atoms with Crippen LogP contribution in [0, 0.1) is 6.92 Å². The summed E-state index contributed by atoms with van der Waals surface area (Å²) in [6.07, 6.45) is 6.09. The zero-order valence-corrected chi connectivity index (χ0v) is 22.1. The fourth-order valence-corrected chi connectivity index (χ4v) is 5.79. The molecular weight excluding hydrogens is 500 g/mol. The number of aryl methyl sites for hydroxylation is 1. The number of fused-ring (bicyclic) bond motifs is 1. The van der Waals surface area contributed by atoms with Crippen molar-refractivity contribution in [3.05, 3.63) is 69.7 Å². The van der Waals surface area contributed by atoms with Crippen LogP contribution in [-0.2, 0) is 4.74 Å². The van der Waals surface area contributed by atoms with Crippen LogP contribution in [0.4, 0.5) is 5.95 Å². The van der Waals surface area contributed by atoms with Crippen LogP contribution < -0.4 is 16.6 Å². The Morgan fingerprint density at radius 1 is 1.05 bits per heavy atom. The second kappa shape index (κ2) is 10.4. The highest BCUT2D eigenvalue weighted by molar-refractivity contribution is 6.33. The number of nitrogens with one attached hydrogen (secondary N) is 1. The van der Waals surface area contributed by atoms with Crippen LogP contribution in [-0.4, -0.2) is 44.8 Å². The van der Waals surface area contributed by atoms with Gasteiger partial charge in [0.25, 0.3) is 5.56 Å². The predicted octanol–water partition coefficient (Wildman–Crippen LogP) is 5.13.